The minimum atomic E-state index is -0.591. The summed E-state index contributed by atoms with van der Waals surface area (Å²) in [5.41, 5.74) is 1.07. The van der Waals surface area contributed by atoms with E-state index in [9.17, 15) is 14.0 Å². The zero-order chi connectivity index (χ0) is 17.1. The molecule has 24 heavy (non-hydrogen) atoms. The molecule has 1 heterocycles. The molecular formula is C17H15FN2O4. The smallest absolute Gasteiger partial charge is 0.262 e. The summed E-state index contributed by atoms with van der Waals surface area (Å²) in [5.74, 6) is -0.485. The van der Waals surface area contributed by atoms with Gasteiger partial charge in [-0.1, -0.05) is 18.2 Å². The number of hydrogen-bond acceptors (Lipinski definition) is 4. The fourth-order valence-corrected chi connectivity index (χ4v) is 2.48. The zero-order valence-electron chi connectivity index (χ0n) is 12.9. The van der Waals surface area contributed by atoms with Gasteiger partial charge in [-0.05, 0) is 6.07 Å². The second-order valence-corrected chi connectivity index (χ2v) is 5.20. The Labute approximate surface area is 137 Å². The minimum Gasteiger partial charge on any atom is -0.496 e. The lowest BCUT2D eigenvalue weighted by Gasteiger charge is -2.21. The van der Waals surface area contributed by atoms with Gasteiger partial charge < -0.3 is 20.1 Å². The molecule has 7 heteroatoms. The number of amides is 2. The van der Waals surface area contributed by atoms with Crippen molar-refractivity contribution in [2.75, 3.05) is 24.4 Å². The normalized spacial score (nSPS) is 12.7. The van der Waals surface area contributed by atoms with Crippen molar-refractivity contribution < 1.29 is 23.5 Å². The summed E-state index contributed by atoms with van der Waals surface area (Å²) in [5, 5.41) is 5.12. The molecule has 2 aromatic rings. The maximum Gasteiger partial charge on any atom is 0.262 e. The first-order valence-electron chi connectivity index (χ1n) is 7.25. The molecule has 2 aromatic carbocycles. The molecule has 0 saturated heterocycles. The lowest BCUT2D eigenvalue weighted by atomic mass is 10.1. The van der Waals surface area contributed by atoms with E-state index in [1.165, 1.54) is 7.11 Å². The van der Waals surface area contributed by atoms with Crippen molar-refractivity contribution in [3.63, 3.8) is 0 Å². The largest absolute Gasteiger partial charge is 0.496 e. The minimum absolute atomic E-state index is 0.0572. The third-order valence-corrected chi connectivity index (χ3v) is 3.49. The van der Waals surface area contributed by atoms with Crippen molar-refractivity contribution in [2.45, 2.75) is 6.42 Å². The zero-order valence-corrected chi connectivity index (χ0v) is 12.9. The van der Waals surface area contributed by atoms with Gasteiger partial charge >= 0.3 is 0 Å². The number of nitrogens with one attached hydrogen (secondary N) is 2. The van der Waals surface area contributed by atoms with Gasteiger partial charge in [0.05, 0.1) is 24.9 Å². The van der Waals surface area contributed by atoms with E-state index in [0.29, 0.717) is 11.3 Å². The maximum absolute atomic E-state index is 13.7. The number of rotatable bonds is 4. The van der Waals surface area contributed by atoms with Gasteiger partial charge in [0.1, 0.15) is 11.6 Å². The number of methoxy groups -OCH3 is 1. The van der Waals surface area contributed by atoms with E-state index in [1.807, 2.05) is 0 Å². The molecular weight excluding hydrogens is 315 g/mol. The van der Waals surface area contributed by atoms with Crippen molar-refractivity contribution in [2.24, 2.45) is 0 Å². The maximum atomic E-state index is 13.7. The van der Waals surface area contributed by atoms with Crippen LogP contribution in [-0.2, 0) is 16.0 Å². The third kappa shape index (κ3) is 3.29. The molecule has 2 amide bonds. The number of fused-ring (bicyclic) bond motifs is 1. The molecule has 0 saturated carbocycles. The van der Waals surface area contributed by atoms with Crippen LogP contribution >= 0.6 is 0 Å². The van der Waals surface area contributed by atoms with Gasteiger partial charge in [0, 0.05) is 17.7 Å². The second kappa shape index (κ2) is 6.57. The third-order valence-electron chi connectivity index (χ3n) is 3.49. The molecule has 0 radical (unpaired) electrons. The molecule has 2 N–H and O–H groups in total. The van der Waals surface area contributed by atoms with E-state index < -0.39 is 5.82 Å². The molecule has 0 aromatic heterocycles. The molecule has 0 fully saturated rings. The Kier molecular flexibility index (Phi) is 4.33. The van der Waals surface area contributed by atoms with Crippen molar-refractivity contribution in [1.82, 2.24) is 0 Å². The highest BCUT2D eigenvalue weighted by atomic mass is 19.1. The predicted octanol–water partition coefficient (Wildman–Crippen LogP) is 2.35. The monoisotopic (exact) mass is 330 g/mol. The Morgan fingerprint density at radius 3 is 2.96 bits per heavy atom. The first kappa shape index (κ1) is 15.8. The summed E-state index contributed by atoms with van der Waals surface area (Å²) in [6.45, 7) is -0.186. The number of hydrogen-bond donors (Lipinski definition) is 2. The van der Waals surface area contributed by atoms with E-state index in [1.54, 1.807) is 24.3 Å². The SMILES string of the molecule is COc1ccccc1CC(=O)Nc1cc(F)cc2c1OCC(=O)N2. The van der Waals surface area contributed by atoms with Crippen molar-refractivity contribution >= 4 is 23.2 Å². The van der Waals surface area contributed by atoms with Crippen LogP contribution < -0.4 is 20.1 Å². The van der Waals surface area contributed by atoms with Gasteiger partial charge in [0.2, 0.25) is 5.91 Å². The number of para-hydroxylation sites is 1. The van der Waals surface area contributed by atoms with E-state index in [4.69, 9.17) is 9.47 Å². The number of carbonyl (C=O) groups excluding carboxylic acids is 2. The number of halogens is 1. The summed E-state index contributed by atoms with van der Waals surface area (Å²) in [7, 11) is 1.52. The molecule has 1 aliphatic heterocycles. The fraction of sp³-hybridized carbons (Fsp3) is 0.176. The lowest BCUT2D eigenvalue weighted by molar-refractivity contribution is -0.118. The van der Waals surface area contributed by atoms with Crippen LogP contribution in [0.2, 0.25) is 0 Å². The summed E-state index contributed by atoms with van der Waals surface area (Å²) in [4.78, 5) is 23.6. The standard InChI is InChI=1S/C17H15FN2O4/c1-23-14-5-3-2-4-10(14)6-15(21)19-12-7-11(18)8-13-17(12)24-9-16(22)20-13/h2-5,7-8H,6,9H2,1H3,(H,19,21)(H,20,22). The van der Waals surface area contributed by atoms with E-state index >= 15 is 0 Å². The number of benzene rings is 2. The van der Waals surface area contributed by atoms with Crippen molar-refractivity contribution in [3.05, 3.63) is 47.8 Å². The molecule has 124 valence electrons. The summed E-state index contributed by atoms with van der Waals surface area (Å²) < 4.78 is 24.2. The second-order valence-electron chi connectivity index (χ2n) is 5.20. The van der Waals surface area contributed by atoms with Gasteiger partial charge in [-0.15, -0.1) is 0 Å². The highest BCUT2D eigenvalue weighted by molar-refractivity contribution is 6.00. The van der Waals surface area contributed by atoms with Crippen LogP contribution in [0.4, 0.5) is 15.8 Å². The van der Waals surface area contributed by atoms with E-state index in [0.717, 1.165) is 12.1 Å². The summed E-state index contributed by atoms with van der Waals surface area (Å²) in [6, 6.07) is 9.42. The molecule has 3 rings (SSSR count). The Hall–Kier alpha value is -3.09. The van der Waals surface area contributed by atoms with Gasteiger partial charge in [0.15, 0.2) is 12.4 Å². The van der Waals surface area contributed by atoms with Crippen molar-refractivity contribution in [1.29, 1.82) is 0 Å². The van der Waals surface area contributed by atoms with Gasteiger partial charge in [0.25, 0.3) is 5.91 Å². The quantitative estimate of drug-likeness (QED) is 0.902. The van der Waals surface area contributed by atoms with Gasteiger partial charge in [-0.2, -0.15) is 0 Å². The van der Waals surface area contributed by atoms with Crippen LogP contribution in [0, 0.1) is 5.82 Å². The highest BCUT2D eigenvalue weighted by Gasteiger charge is 2.22. The lowest BCUT2D eigenvalue weighted by Crippen LogP contribution is -2.26. The van der Waals surface area contributed by atoms with E-state index in [-0.39, 0.29) is 42.0 Å². The number of ether oxygens (including phenoxy) is 2. The fourth-order valence-electron chi connectivity index (χ4n) is 2.48. The molecule has 0 atom stereocenters. The molecule has 0 spiro atoms. The molecule has 0 unspecified atom stereocenters. The molecule has 6 nitrogen and oxygen atoms in total. The highest BCUT2D eigenvalue weighted by Crippen LogP contribution is 2.36. The van der Waals surface area contributed by atoms with E-state index in [2.05, 4.69) is 10.6 Å². The van der Waals surface area contributed by atoms with Crippen LogP contribution in [0.3, 0.4) is 0 Å². The summed E-state index contributed by atoms with van der Waals surface area (Å²) in [6.07, 6.45) is 0.0572. The Morgan fingerprint density at radius 1 is 1.38 bits per heavy atom. The Bertz CT molecular complexity index is 807. The summed E-state index contributed by atoms with van der Waals surface area (Å²) >= 11 is 0. The topological polar surface area (TPSA) is 76.7 Å². The van der Waals surface area contributed by atoms with Gasteiger partial charge in [-0.25, -0.2) is 4.39 Å². The van der Waals surface area contributed by atoms with Gasteiger partial charge in [-0.3, -0.25) is 9.59 Å². The Morgan fingerprint density at radius 2 is 2.17 bits per heavy atom. The van der Waals surface area contributed by atoms with Crippen LogP contribution in [0.5, 0.6) is 11.5 Å². The van der Waals surface area contributed by atoms with Crippen LogP contribution in [0.25, 0.3) is 0 Å². The first-order valence-corrected chi connectivity index (χ1v) is 7.25. The van der Waals surface area contributed by atoms with Crippen LogP contribution in [0.15, 0.2) is 36.4 Å². The average molecular weight is 330 g/mol. The molecule has 1 aliphatic rings. The number of carbonyl (C=O) groups is 2. The van der Waals surface area contributed by atoms with Crippen LogP contribution in [-0.4, -0.2) is 25.5 Å². The predicted molar refractivity (Wildman–Crippen MR) is 85.9 cm³/mol. The van der Waals surface area contributed by atoms with Crippen molar-refractivity contribution in [3.8, 4) is 11.5 Å². The molecule has 0 bridgehead atoms. The van der Waals surface area contributed by atoms with Crippen LogP contribution in [0.1, 0.15) is 5.56 Å². The average Bonchev–Trinajstić information content (AvgIpc) is 2.54. The Balaban J connectivity index is 1.81. The number of anilines is 2. The first-order chi connectivity index (χ1) is 11.6. The molecule has 0 aliphatic carbocycles.